The molecular formula is C18H26N2O3. The Morgan fingerprint density at radius 3 is 2.43 bits per heavy atom. The zero-order valence-electron chi connectivity index (χ0n) is 13.8. The fourth-order valence-corrected chi connectivity index (χ4v) is 2.01. The average Bonchev–Trinajstić information content (AvgIpc) is 2.58. The summed E-state index contributed by atoms with van der Waals surface area (Å²) in [7, 11) is 0. The van der Waals surface area contributed by atoms with E-state index in [0.717, 1.165) is 19.3 Å². The Balaban J connectivity index is 2.27. The van der Waals surface area contributed by atoms with E-state index in [2.05, 4.69) is 24.4 Å². The van der Waals surface area contributed by atoms with Crippen LogP contribution in [-0.2, 0) is 4.79 Å². The predicted molar refractivity (Wildman–Crippen MR) is 91.1 cm³/mol. The maximum absolute atomic E-state index is 11.9. The molecule has 0 spiro atoms. The molecule has 0 atom stereocenters. The van der Waals surface area contributed by atoms with E-state index in [0.29, 0.717) is 24.3 Å². The molecule has 0 heterocycles. The number of rotatable bonds is 10. The summed E-state index contributed by atoms with van der Waals surface area (Å²) in [6.07, 6.45) is 7.50. The normalized spacial score (nSPS) is 9.96. The third kappa shape index (κ3) is 8.04. The van der Waals surface area contributed by atoms with Gasteiger partial charge in [0.2, 0.25) is 5.91 Å². The van der Waals surface area contributed by atoms with Gasteiger partial charge in [-0.25, -0.2) is 0 Å². The second-order valence-electron chi connectivity index (χ2n) is 5.29. The molecule has 23 heavy (non-hydrogen) atoms. The topological polar surface area (TPSA) is 67.4 Å². The van der Waals surface area contributed by atoms with Crippen LogP contribution in [0.5, 0.6) is 5.75 Å². The molecule has 0 fully saturated rings. The molecule has 0 bridgehead atoms. The van der Waals surface area contributed by atoms with Crippen LogP contribution in [0.2, 0.25) is 0 Å². The lowest BCUT2D eigenvalue weighted by Gasteiger charge is -2.08. The van der Waals surface area contributed by atoms with Crippen LogP contribution >= 0.6 is 0 Å². The first-order valence-corrected chi connectivity index (χ1v) is 8.10. The van der Waals surface area contributed by atoms with Crippen LogP contribution in [0.1, 0.15) is 55.8 Å². The molecule has 0 aromatic heterocycles. The van der Waals surface area contributed by atoms with Crippen LogP contribution in [0.25, 0.3) is 0 Å². The van der Waals surface area contributed by atoms with Crippen LogP contribution in [0.4, 0.5) is 0 Å². The quantitative estimate of drug-likeness (QED) is 0.395. The van der Waals surface area contributed by atoms with E-state index in [-0.39, 0.29) is 11.8 Å². The number of carbonyl (C=O) groups is 2. The smallest absolute Gasteiger partial charge is 0.269 e. The molecule has 2 N–H and O–H groups in total. The monoisotopic (exact) mass is 318 g/mol. The van der Waals surface area contributed by atoms with Crippen LogP contribution in [-0.4, -0.2) is 18.4 Å². The largest absolute Gasteiger partial charge is 0.490 e. The molecular weight excluding hydrogens is 292 g/mol. The van der Waals surface area contributed by atoms with Crippen LogP contribution in [0, 0.1) is 0 Å². The maximum atomic E-state index is 11.9. The van der Waals surface area contributed by atoms with Gasteiger partial charge in [0.1, 0.15) is 12.4 Å². The summed E-state index contributed by atoms with van der Waals surface area (Å²) in [5, 5.41) is 0. The van der Waals surface area contributed by atoms with Crippen molar-refractivity contribution in [3.63, 3.8) is 0 Å². The molecule has 0 aliphatic heterocycles. The third-order valence-electron chi connectivity index (χ3n) is 3.31. The van der Waals surface area contributed by atoms with Gasteiger partial charge in [0.25, 0.3) is 5.91 Å². The fraction of sp³-hybridized carbons (Fsp3) is 0.444. The molecule has 5 heteroatoms. The van der Waals surface area contributed by atoms with Crippen LogP contribution in [0.3, 0.4) is 0 Å². The van der Waals surface area contributed by atoms with Gasteiger partial charge in [-0.15, -0.1) is 0 Å². The minimum atomic E-state index is -0.348. The van der Waals surface area contributed by atoms with Gasteiger partial charge in [-0.05, 0) is 30.7 Å². The maximum Gasteiger partial charge on any atom is 0.269 e. The van der Waals surface area contributed by atoms with E-state index < -0.39 is 0 Å². The van der Waals surface area contributed by atoms with Crippen molar-refractivity contribution in [1.29, 1.82) is 0 Å². The van der Waals surface area contributed by atoms with Crippen LogP contribution < -0.4 is 15.6 Å². The van der Waals surface area contributed by atoms with E-state index in [1.165, 1.54) is 12.8 Å². The Labute approximate surface area is 138 Å². The Kier molecular flexibility index (Phi) is 9.20. The van der Waals surface area contributed by atoms with Gasteiger partial charge in [-0.3, -0.25) is 20.4 Å². The molecule has 126 valence electrons. The van der Waals surface area contributed by atoms with Gasteiger partial charge in [0.05, 0.1) is 0 Å². The van der Waals surface area contributed by atoms with E-state index in [4.69, 9.17) is 4.74 Å². The summed E-state index contributed by atoms with van der Waals surface area (Å²) < 4.78 is 5.34. The number of carbonyl (C=O) groups excluding carboxylic acids is 2. The third-order valence-corrected chi connectivity index (χ3v) is 3.31. The van der Waals surface area contributed by atoms with Crippen molar-refractivity contribution in [2.45, 2.75) is 45.4 Å². The number of benzene rings is 1. The molecule has 0 saturated heterocycles. The van der Waals surface area contributed by atoms with E-state index in [1.54, 1.807) is 30.3 Å². The Morgan fingerprint density at radius 2 is 1.78 bits per heavy atom. The van der Waals surface area contributed by atoms with Crippen molar-refractivity contribution in [2.24, 2.45) is 0 Å². The summed E-state index contributed by atoms with van der Waals surface area (Å²) in [6.45, 7) is 6.14. The number of hydrogen-bond donors (Lipinski definition) is 2. The molecule has 0 radical (unpaired) electrons. The van der Waals surface area contributed by atoms with Crippen LogP contribution in [0.15, 0.2) is 36.9 Å². The Hall–Kier alpha value is -2.30. The molecule has 5 nitrogen and oxygen atoms in total. The molecule has 0 saturated carbocycles. The van der Waals surface area contributed by atoms with Gasteiger partial charge in [0, 0.05) is 12.0 Å². The van der Waals surface area contributed by atoms with Crippen molar-refractivity contribution >= 4 is 11.8 Å². The first-order valence-electron chi connectivity index (χ1n) is 8.10. The Morgan fingerprint density at radius 1 is 1.09 bits per heavy atom. The van der Waals surface area contributed by atoms with E-state index in [9.17, 15) is 9.59 Å². The van der Waals surface area contributed by atoms with Crippen molar-refractivity contribution in [3.05, 3.63) is 42.5 Å². The number of hydrazine groups is 1. The minimum absolute atomic E-state index is 0.166. The highest BCUT2D eigenvalue weighted by molar-refractivity contribution is 5.95. The second-order valence-corrected chi connectivity index (χ2v) is 5.29. The Bertz CT molecular complexity index is 497. The number of amides is 2. The molecule has 1 rings (SSSR count). The molecule has 0 unspecified atom stereocenters. The SMILES string of the molecule is C=CCOc1ccc(C(=O)NNC(=O)CCCCCCC)cc1. The lowest BCUT2D eigenvalue weighted by molar-refractivity contribution is -0.122. The lowest BCUT2D eigenvalue weighted by atomic mass is 10.1. The molecule has 2 amide bonds. The number of nitrogens with one attached hydrogen (secondary N) is 2. The summed E-state index contributed by atoms with van der Waals surface area (Å²) in [5.41, 5.74) is 5.31. The van der Waals surface area contributed by atoms with Gasteiger partial charge in [0.15, 0.2) is 0 Å². The summed E-state index contributed by atoms with van der Waals surface area (Å²) in [5.74, 6) is 0.151. The van der Waals surface area contributed by atoms with Gasteiger partial charge in [-0.2, -0.15) is 0 Å². The molecule has 1 aromatic carbocycles. The summed E-state index contributed by atoms with van der Waals surface area (Å²) in [4.78, 5) is 23.5. The number of hydrogen-bond acceptors (Lipinski definition) is 3. The highest BCUT2D eigenvalue weighted by atomic mass is 16.5. The first kappa shape index (κ1) is 18.7. The van der Waals surface area contributed by atoms with Gasteiger partial charge in [-0.1, -0.05) is 45.3 Å². The predicted octanol–water partition coefficient (Wildman–Crippen LogP) is 3.37. The summed E-state index contributed by atoms with van der Waals surface area (Å²) >= 11 is 0. The van der Waals surface area contributed by atoms with E-state index in [1.807, 2.05) is 0 Å². The average molecular weight is 318 g/mol. The minimum Gasteiger partial charge on any atom is -0.490 e. The first-order chi connectivity index (χ1) is 11.2. The zero-order valence-corrected chi connectivity index (χ0v) is 13.8. The summed E-state index contributed by atoms with van der Waals surface area (Å²) in [6, 6.07) is 6.69. The van der Waals surface area contributed by atoms with Crippen molar-refractivity contribution < 1.29 is 14.3 Å². The zero-order chi connectivity index (χ0) is 16.9. The molecule has 0 aliphatic carbocycles. The molecule has 1 aromatic rings. The van der Waals surface area contributed by atoms with E-state index >= 15 is 0 Å². The highest BCUT2D eigenvalue weighted by Crippen LogP contribution is 2.12. The van der Waals surface area contributed by atoms with Gasteiger partial charge >= 0.3 is 0 Å². The highest BCUT2D eigenvalue weighted by Gasteiger charge is 2.07. The standard InChI is InChI=1S/C18H26N2O3/c1-3-5-6-7-8-9-17(21)19-20-18(22)15-10-12-16(13-11-15)23-14-4-2/h4,10-13H,2-3,5-9,14H2,1H3,(H,19,21)(H,20,22). The second kappa shape index (κ2) is 11.3. The van der Waals surface area contributed by atoms with Crippen molar-refractivity contribution in [3.8, 4) is 5.75 Å². The molecule has 0 aliphatic rings. The fourth-order valence-electron chi connectivity index (χ4n) is 2.01. The van der Waals surface area contributed by atoms with Gasteiger partial charge < -0.3 is 4.74 Å². The number of ether oxygens (including phenoxy) is 1. The van der Waals surface area contributed by atoms with Crippen molar-refractivity contribution in [2.75, 3.05) is 6.61 Å². The number of unbranched alkanes of at least 4 members (excludes halogenated alkanes) is 4. The van der Waals surface area contributed by atoms with Crippen molar-refractivity contribution in [1.82, 2.24) is 10.9 Å². The lowest BCUT2D eigenvalue weighted by Crippen LogP contribution is -2.41.